The molecule has 6 heteroatoms. The molecule has 0 spiro atoms. The van der Waals surface area contributed by atoms with Crippen molar-refractivity contribution >= 4 is 15.9 Å². The molecular formula is C11H10BrFN2O2. The average Bonchev–Trinajstić information content (AvgIpc) is 2.79. The Morgan fingerprint density at radius 2 is 2.12 bits per heavy atom. The summed E-state index contributed by atoms with van der Waals surface area (Å²) in [5.41, 5.74) is 0. The third kappa shape index (κ3) is 3.03. The fraction of sp³-hybridized carbons (Fsp3) is 0.273. The third-order valence-electron chi connectivity index (χ3n) is 2.06. The normalized spacial score (nSPS) is 10.5. The van der Waals surface area contributed by atoms with Crippen molar-refractivity contribution in [2.24, 2.45) is 0 Å². The maximum Gasteiger partial charge on any atom is 0.253 e. The molecule has 0 bridgehead atoms. The van der Waals surface area contributed by atoms with Gasteiger partial charge in [0.05, 0.1) is 4.47 Å². The Kier molecular flexibility index (Phi) is 3.73. The number of aromatic nitrogens is 2. The van der Waals surface area contributed by atoms with Gasteiger partial charge in [-0.2, -0.15) is 0 Å². The Morgan fingerprint density at radius 3 is 2.76 bits per heavy atom. The molecular weight excluding hydrogens is 291 g/mol. The van der Waals surface area contributed by atoms with Crippen molar-refractivity contribution in [1.29, 1.82) is 0 Å². The predicted molar refractivity (Wildman–Crippen MR) is 62.1 cm³/mol. The van der Waals surface area contributed by atoms with Crippen LogP contribution in [0.4, 0.5) is 4.39 Å². The van der Waals surface area contributed by atoms with E-state index < -0.39 is 0 Å². The lowest BCUT2D eigenvalue weighted by atomic mass is 10.3. The van der Waals surface area contributed by atoms with E-state index in [9.17, 15) is 4.39 Å². The number of hydrogen-bond donors (Lipinski definition) is 0. The monoisotopic (exact) mass is 300 g/mol. The van der Waals surface area contributed by atoms with Crippen LogP contribution in [0.3, 0.4) is 0 Å². The molecule has 0 aliphatic rings. The number of benzene rings is 1. The van der Waals surface area contributed by atoms with Crippen molar-refractivity contribution in [3.8, 4) is 5.75 Å². The molecule has 0 saturated heterocycles. The highest BCUT2D eigenvalue weighted by molar-refractivity contribution is 9.10. The quantitative estimate of drug-likeness (QED) is 0.870. The highest BCUT2D eigenvalue weighted by Gasteiger charge is 2.06. The fourth-order valence-electron chi connectivity index (χ4n) is 1.20. The van der Waals surface area contributed by atoms with Crippen LogP contribution in [0.15, 0.2) is 27.1 Å². The van der Waals surface area contributed by atoms with E-state index in [1.165, 1.54) is 6.07 Å². The maximum absolute atomic E-state index is 13.2. The molecule has 17 heavy (non-hydrogen) atoms. The third-order valence-corrected chi connectivity index (χ3v) is 2.71. The standard InChI is InChI=1S/C11H10BrFN2O2/c1-2-10-14-15-11(17-10)6-16-7-3-4-8(12)9(13)5-7/h3-5H,2,6H2,1H3. The Hall–Kier alpha value is -1.43. The number of aryl methyl sites for hydroxylation is 1. The molecule has 0 fully saturated rings. The zero-order valence-corrected chi connectivity index (χ0v) is 10.7. The van der Waals surface area contributed by atoms with Crippen molar-refractivity contribution < 1.29 is 13.5 Å². The van der Waals surface area contributed by atoms with E-state index in [4.69, 9.17) is 9.15 Å². The lowest BCUT2D eigenvalue weighted by Gasteiger charge is -2.03. The van der Waals surface area contributed by atoms with Crippen LogP contribution in [-0.2, 0) is 13.0 Å². The van der Waals surface area contributed by atoms with Gasteiger partial charge in [-0.25, -0.2) is 4.39 Å². The van der Waals surface area contributed by atoms with Gasteiger partial charge in [-0.1, -0.05) is 6.92 Å². The van der Waals surface area contributed by atoms with Crippen LogP contribution in [0.2, 0.25) is 0 Å². The van der Waals surface area contributed by atoms with Crippen LogP contribution in [0.1, 0.15) is 18.7 Å². The molecule has 0 radical (unpaired) electrons. The summed E-state index contributed by atoms with van der Waals surface area (Å²) in [4.78, 5) is 0. The molecule has 4 nitrogen and oxygen atoms in total. The lowest BCUT2D eigenvalue weighted by molar-refractivity contribution is 0.258. The summed E-state index contributed by atoms with van der Waals surface area (Å²) in [5, 5.41) is 7.60. The Labute approximate surface area is 106 Å². The van der Waals surface area contributed by atoms with Crippen LogP contribution in [0, 0.1) is 5.82 Å². The summed E-state index contributed by atoms with van der Waals surface area (Å²) in [6.45, 7) is 2.05. The summed E-state index contributed by atoms with van der Waals surface area (Å²) < 4.78 is 24.2. The van der Waals surface area contributed by atoms with E-state index in [0.29, 0.717) is 28.4 Å². The van der Waals surface area contributed by atoms with Crippen molar-refractivity contribution in [1.82, 2.24) is 10.2 Å². The lowest BCUT2D eigenvalue weighted by Crippen LogP contribution is -1.96. The second-order valence-corrected chi connectivity index (χ2v) is 4.16. The van der Waals surface area contributed by atoms with Gasteiger partial charge >= 0.3 is 0 Å². The molecule has 90 valence electrons. The van der Waals surface area contributed by atoms with Gasteiger partial charge in [-0.05, 0) is 28.1 Å². The van der Waals surface area contributed by atoms with E-state index in [0.717, 1.165) is 0 Å². The molecule has 0 amide bonds. The zero-order chi connectivity index (χ0) is 12.3. The number of nitrogens with zero attached hydrogens (tertiary/aromatic N) is 2. The highest BCUT2D eigenvalue weighted by Crippen LogP contribution is 2.21. The van der Waals surface area contributed by atoms with Crippen molar-refractivity contribution in [2.75, 3.05) is 0 Å². The molecule has 1 heterocycles. The van der Waals surface area contributed by atoms with Crippen molar-refractivity contribution in [3.63, 3.8) is 0 Å². The van der Waals surface area contributed by atoms with Crippen LogP contribution < -0.4 is 4.74 Å². The fourth-order valence-corrected chi connectivity index (χ4v) is 1.45. The first-order chi connectivity index (χ1) is 8.19. The number of ether oxygens (including phenoxy) is 1. The van der Waals surface area contributed by atoms with Gasteiger partial charge in [-0.15, -0.1) is 10.2 Å². The van der Waals surface area contributed by atoms with E-state index in [-0.39, 0.29) is 12.4 Å². The molecule has 0 N–H and O–H groups in total. The minimum Gasteiger partial charge on any atom is -0.484 e. The van der Waals surface area contributed by atoms with Crippen molar-refractivity contribution in [3.05, 3.63) is 40.3 Å². The first-order valence-electron chi connectivity index (χ1n) is 5.08. The van der Waals surface area contributed by atoms with Crippen LogP contribution in [-0.4, -0.2) is 10.2 Å². The molecule has 0 aliphatic heterocycles. The van der Waals surface area contributed by atoms with Gasteiger partial charge < -0.3 is 9.15 Å². The number of halogens is 2. The number of hydrogen-bond acceptors (Lipinski definition) is 4. The number of rotatable bonds is 4. The summed E-state index contributed by atoms with van der Waals surface area (Å²) in [5.74, 6) is 0.986. The minimum absolute atomic E-state index is 0.133. The first-order valence-corrected chi connectivity index (χ1v) is 5.87. The molecule has 2 aromatic rings. The molecule has 0 atom stereocenters. The predicted octanol–water partition coefficient (Wildman–Crippen LogP) is 3.11. The average molecular weight is 301 g/mol. The topological polar surface area (TPSA) is 48.2 Å². The smallest absolute Gasteiger partial charge is 0.253 e. The second-order valence-electron chi connectivity index (χ2n) is 3.31. The SMILES string of the molecule is CCc1nnc(COc2ccc(Br)c(F)c2)o1. The van der Waals surface area contributed by atoms with Crippen LogP contribution in [0.5, 0.6) is 5.75 Å². The molecule has 0 saturated carbocycles. The summed E-state index contributed by atoms with van der Waals surface area (Å²) in [6.07, 6.45) is 0.680. The summed E-state index contributed by atoms with van der Waals surface area (Å²) in [7, 11) is 0. The molecule has 0 unspecified atom stereocenters. The molecule has 2 rings (SSSR count). The van der Waals surface area contributed by atoms with Gasteiger partial charge in [0.2, 0.25) is 5.89 Å². The van der Waals surface area contributed by atoms with Gasteiger partial charge in [0.1, 0.15) is 11.6 Å². The van der Waals surface area contributed by atoms with Crippen LogP contribution in [0.25, 0.3) is 0 Å². The Bertz CT molecular complexity index is 516. The van der Waals surface area contributed by atoms with Crippen molar-refractivity contribution in [2.45, 2.75) is 20.0 Å². The molecule has 0 aliphatic carbocycles. The van der Waals surface area contributed by atoms with Gasteiger partial charge in [-0.3, -0.25) is 0 Å². The zero-order valence-electron chi connectivity index (χ0n) is 9.11. The second kappa shape index (κ2) is 5.27. The van der Waals surface area contributed by atoms with Crippen LogP contribution >= 0.6 is 15.9 Å². The van der Waals surface area contributed by atoms with Gasteiger partial charge in [0.15, 0.2) is 6.61 Å². The molecule has 1 aromatic heterocycles. The summed E-state index contributed by atoms with van der Waals surface area (Å²) in [6, 6.07) is 4.53. The maximum atomic E-state index is 13.2. The Balaban J connectivity index is 1.99. The van der Waals surface area contributed by atoms with E-state index >= 15 is 0 Å². The minimum atomic E-state index is -0.373. The van der Waals surface area contributed by atoms with E-state index in [1.54, 1.807) is 12.1 Å². The van der Waals surface area contributed by atoms with Gasteiger partial charge in [0.25, 0.3) is 5.89 Å². The van der Waals surface area contributed by atoms with E-state index in [2.05, 4.69) is 26.1 Å². The van der Waals surface area contributed by atoms with E-state index in [1.807, 2.05) is 6.92 Å². The Morgan fingerprint density at radius 1 is 1.35 bits per heavy atom. The summed E-state index contributed by atoms with van der Waals surface area (Å²) >= 11 is 3.07. The molecule has 1 aromatic carbocycles. The van der Waals surface area contributed by atoms with Gasteiger partial charge in [0, 0.05) is 12.5 Å². The largest absolute Gasteiger partial charge is 0.484 e. The highest BCUT2D eigenvalue weighted by atomic mass is 79.9. The first kappa shape index (κ1) is 12.0.